The number of halogens is 2. The molecule has 0 heterocycles. The largest absolute Gasteiger partial charge is 0.299 e. The molecule has 13 heavy (non-hydrogen) atoms. The lowest BCUT2D eigenvalue weighted by Crippen LogP contribution is -2.33. The van der Waals surface area contributed by atoms with E-state index in [0.29, 0.717) is 0 Å². The fourth-order valence-electron chi connectivity index (χ4n) is 0.710. The Hall–Kier alpha value is -0.930. The minimum absolute atomic E-state index is 0.479. The number of benzene rings is 1. The summed E-state index contributed by atoms with van der Waals surface area (Å²) in [6.07, 6.45) is 0. The van der Waals surface area contributed by atoms with Crippen LogP contribution in [-0.2, 0) is 4.79 Å². The first-order valence-corrected chi connectivity index (χ1v) is 4.46. The third kappa shape index (κ3) is 3.53. The zero-order valence-electron chi connectivity index (χ0n) is 6.63. The molecule has 1 aromatic carbocycles. The van der Waals surface area contributed by atoms with E-state index in [0.717, 1.165) is 5.69 Å². The molecule has 0 spiro atoms. The highest BCUT2D eigenvalue weighted by Gasteiger charge is 2.09. The van der Waals surface area contributed by atoms with E-state index in [9.17, 15) is 4.79 Å². The highest BCUT2D eigenvalue weighted by atomic mass is 35.5. The van der Waals surface area contributed by atoms with Crippen LogP contribution in [0, 0.1) is 0 Å². The van der Waals surface area contributed by atoms with E-state index in [1.165, 1.54) is 0 Å². The van der Waals surface area contributed by atoms with Gasteiger partial charge in [0.25, 0.3) is 5.91 Å². The summed E-state index contributed by atoms with van der Waals surface area (Å²) in [4.78, 5) is 9.82. The predicted octanol–water partition coefficient (Wildman–Crippen LogP) is 1.93. The monoisotopic (exact) mass is 218 g/mol. The van der Waals surface area contributed by atoms with Gasteiger partial charge in [-0.25, -0.2) is 0 Å². The number of carbonyl (C=O) groups is 1. The van der Waals surface area contributed by atoms with Crippen molar-refractivity contribution >= 4 is 34.8 Å². The lowest BCUT2D eigenvalue weighted by molar-refractivity contribution is -0.118. The zero-order valence-corrected chi connectivity index (χ0v) is 8.14. The molecule has 1 amide bonds. The van der Waals surface area contributed by atoms with Gasteiger partial charge in [-0.15, -0.1) is 0 Å². The number of rotatable bonds is 3. The molecule has 70 valence electrons. The van der Waals surface area contributed by atoms with Gasteiger partial charge in [-0.05, 0) is 12.1 Å². The van der Waals surface area contributed by atoms with Gasteiger partial charge < -0.3 is 0 Å². The molecule has 5 heteroatoms. The molecular weight excluding hydrogens is 211 g/mol. The molecule has 0 aliphatic heterocycles. The van der Waals surface area contributed by atoms with Crippen LogP contribution in [0.1, 0.15) is 0 Å². The van der Waals surface area contributed by atoms with Gasteiger partial charge in [0, 0.05) is 0 Å². The predicted molar refractivity (Wildman–Crippen MR) is 53.7 cm³/mol. The number of hydrogen-bond donors (Lipinski definition) is 2. The van der Waals surface area contributed by atoms with Crippen molar-refractivity contribution < 1.29 is 4.79 Å². The number of anilines is 1. The van der Waals surface area contributed by atoms with Crippen LogP contribution in [0.4, 0.5) is 5.69 Å². The van der Waals surface area contributed by atoms with Crippen LogP contribution in [0.2, 0.25) is 0 Å². The normalized spacial score (nSPS) is 9.77. The van der Waals surface area contributed by atoms with Gasteiger partial charge in [0.2, 0.25) is 0 Å². The molecule has 0 unspecified atom stereocenters. The number of carbonyl (C=O) groups excluding carboxylic acids is 1. The van der Waals surface area contributed by atoms with E-state index >= 15 is 0 Å². The fraction of sp³-hybridized carbons (Fsp3) is 0.125. The SMILES string of the molecule is O=C(NNc1ccccc1)C(Cl)Cl. The summed E-state index contributed by atoms with van der Waals surface area (Å²) in [5.74, 6) is -0.479. The van der Waals surface area contributed by atoms with Crippen molar-refractivity contribution in [1.29, 1.82) is 0 Å². The molecule has 0 aliphatic carbocycles. The van der Waals surface area contributed by atoms with Gasteiger partial charge in [0.1, 0.15) is 0 Å². The Labute approximate surface area is 86.0 Å². The Bertz CT molecular complexity index is 277. The smallest absolute Gasteiger partial charge is 0.271 e. The maximum atomic E-state index is 10.9. The second-order valence-electron chi connectivity index (χ2n) is 2.28. The second kappa shape index (κ2) is 4.94. The lowest BCUT2D eigenvalue weighted by atomic mass is 10.3. The highest BCUT2D eigenvalue weighted by Crippen LogP contribution is 2.04. The van der Waals surface area contributed by atoms with Crippen LogP contribution in [0.15, 0.2) is 30.3 Å². The summed E-state index contributed by atoms with van der Waals surface area (Å²) in [5, 5.41) is 0. The second-order valence-corrected chi connectivity index (χ2v) is 3.38. The van der Waals surface area contributed by atoms with Crippen LogP contribution in [-0.4, -0.2) is 10.7 Å². The van der Waals surface area contributed by atoms with Crippen molar-refractivity contribution in [3.05, 3.63) is 30.3 Å². The molecule has 0 saturated heterocycles. The summed E-state index contributed by atoms with van der Waals surface area (Å²) in [6.45, 7) is 0. The van der Waals surface area contributed by atoms with Crippen molar-refractivity contribution in [2.45, 2.75) is 4.84 Å². The molecule has 0 atom stereocenters. The molecule has 0 bridgehead atoms. The Kier molecular flexibility index (Phi) is 3.86. The van der Waals surface area contributed by atoms with Crippen LogP contribution in [0.3, 0.4) is 0 Å². The van der Waals surface area contributed by atoms with Crippen LogP contribution in [0.25, 0.3) is 0 Å². The Morgan fingerprint density at radius 1 is 1.23 bits per heavy atom. The zero-order chi connectivity index (χ0) is 9.68. The van der Waals surface area contributed by atoms with E-state index in [1.807, 2.05) is 18.2 Å². The number of hydrogen-bond acceptors (Lipinski definition) is 2. The van der Waals surface area contributed by atoms with E-state index in [1.54, 1.807) is 12.1 Å². The fourth-order valence-corrected chi connectivity index (χ4v) is 0.819. The molecule has 1 aromatic rings. The van der Waals surface area contributed by atoms with Crippen LogP contribution in [0.5, 0.6) is 0 Å². The molecule has 1 rings (SSSR count). The first-order valence-electron chi connectivity index (χ1n) is 3.59. The van der Waals surface area contributed by atoms with Gasteiger partial charge in [-0.1, -0.05) is 41.4 Å². The van der Waals surface area contributed by atoms with E-state index < -0.39 is 10.7 Å². The summed E-state index contributed by atoms with van der Waals surface area (Å²) in [6, 6.07) is 9.16. The number of para-hydroxylation sites is 1. The lowest BCUT2D eigenvalue weighted by Gasteiger charge is -2.07. The molecule has 3 nitrogen and oxygen atoms in total. The highest BCUT2D eigenvalue weighted by molar-refractivity contribution is 6.53. The summed E-state index contributed by atoms with van der Waals surface area (Å²) >= 11 is 10.6. The van der Waals surface area contributed by atoms with Crippen molar-refractivity contribution in [2.24, 2.45) is 0 Å². The molecule has 0 radical (unpaired) electrons. The molecule has 0 aromatic heterocycles. The van der Waals surface area contributed by atoms with Crippen LogP contribution >= 0.6 is 23.2 Å². The summed E-state index contributed by atoms with van der Waals surface area (Å²) in [5.41, 5.74) is 5.77. The molecular formula is C8H8Cl2N2O. The van der Waals surface area contributed by atoms with Crippen molar-refractivity contribution in [1.82, 2.24) is 5.43 Å². The van der Waals surface area contributed by atoms with E-state index in [4.69, 9.17) is 23.2 Å². The Morgan fingerprint density at radius 2 is 1.85 bits per heavy atom. The van der Waals surface area contributed by atoms with Crippen LogP contribution < -0.4 is 10.9 Å². The number of alkyl halides is 2. The van der Waals surface area contributed by atoms with Gasteiger partial charge in [0.15, 0.2) is 4.84 Å². The molecule has 0 fully saturated rings. The number of nitrogens with one attached hydrogen (secondary N) is 2. The van der Waals surface area contributed by atoms with Crippen molar-refractivity contribution in [3.63, 3.8) is 0 Å². The van der Waals surface area contributed by atoms with Gasteiger partial charge in [0.05, 0.1) is 5.69 Å². The number of amides is 1. The maximum Gasteiger partial charge on any atom is 0.271 e. The summed E-state index contributed by atoms with van der Waals surface area (Å²) < 4.78 is 0. The van der Waals surface area contributed by atoms with Gasteiger partial charge >= 0.3 is 0 Å². The topological polar surface area (TPSA) is 41.1 Å². The molecule has 0 saturated carbocycles. The van der Waals surface area contributed by atoms with Gasteiger partial charge in [-0.3, -0.25) is 15.6 Å². The summed E-state index contributed by atoms with van der Waals surface area (Å²) in [7, 11) is 0. The third-order valence-corrected chi connectivity index (χ3v) is 1.70. The quantitative estimate of drug-likeness (QED) is 0.602. The molecule has 0 aliphatic rings. The minimum atomic E-state index is -1.06. The first-order chi connectivity index (χ1) is 6.20. The van der Waals surface area contributed by atoms with Gasteiger partial charge in [-0.2, -0.15) is 0 Å². The minimum Gasteiger partial charge on any atom is -0.299 e. The van der Waals surface area contributed by atoms with Crippen molar-refractivity contribution in [2.75, 3.05) is 5.43 Å². The van der Waals surface area contributed by atoms with Crippen molar-refractivity contribution in [3.8, 4) is 0 Å². The Balaban J connectivity index is 2.40. The number of hydrazine groups is 1. The first kappa shape index (κ1) is 10.2. The Morgan fingerprint density at radius 3 is 2.38 bits per heavy atom. The average Bonchev–Trinajstić information content (AvgIpc) is 2.15. The maximum absolute atomic E-state index is 10.9. The third-order valence-electron chi connectivity index (χ3n) is 1.30. The average molecular weight is 219 g/mol. The van der Waals surface area contributed by atoms with E-state index in [2.05, 4.69) is 10.9 Å². The standard InChI is InChI=1S/C8H8Cl2N2O/c9-7(10)8(13)12-11-6-4-2-1-3-5-6/h1-5,7,11H,(H,12,13). The van der Waals surface area contributed by atoms with E-state index in [-0.39, 0.29) is 0 Å². The molecule has 2 N–H and O–H groups in total.